The van der Waals surface area contributed by atoms with Crippen molar-refractivity contribution < 1.29 is 5.11 Å². The van der Waals surface area contributed by atoms with E-state index in [0.717, 1.165) is 12.0 Å². The Morgan fingerprint density at radius 1 is 1.05 bits per heavy atom. The average Bonchev–Trinajstić information content (AvgIpc) is 2.34. The quantitative estimate of drug-likeness (QED) is 0.880. The van der Waals surface area contributed by atoms with Crippen LogP contribution in [0.15, 0.2) is 42.5 Å². The summed E-state index contributed by atoms with van der Waals surface area (Å²) in [5, 5.41) is 9.53. The van der Waals surface area contributed by atoms with Crippen LogP contribution in [-0.4, -0.2) is 11.7 Å². The molecule has 2 aromatic carbocycles. The molecule has 0 aliphatic rings. The van der Waals surface area contributed by atoms with Gasteiger partial charge in [0, 0.05) is 5.92 Å². The van der Waals surface area contributed by atoms with Crippen LogP contribution in [0.4, 0.5) is 0 Å². The highest BCUT2D eigenvalue weighted by Gasteiger charge is 2.12. The van der Waals surface area contributed by atoms with Crippen molar-refractivity contribution in [1.82, 2.24) is 0 Å². The summed E-state index contributed by atoms with van der Waals surface area (Å²) in [7, 11) is 0. The first-order valence-corrected chi connectivity index (χ1v) is 6.64. The Morgan fingerprint density at radius 2 is 1.74 bits per heavy atom. The molecule has 0 aliphatic heterocycles. The molecule has 0 aromatic heterocycles. The van der Waals surface area contributed by atoms with Crippen LogP contribution in [0.5, 0.6) is 5.75 Å². The van der Waals surface area contributed by atoms with Gasteiger partial charge in [-0.05, 0) is 50.1 Å². The Bertz CT molecular complexity index is 543. The fraction of sp³-hybridized carbons (Fsp3) is 0.294. The van der Waals surface area contributed by atoms with Gasteiger partial charge in [0.25, 0.3) is 0 Å². The van der Waals surface area contributed by atoms with Gasteiger partial charge in [-0.1, -0.05) is 41.5 Å². The van der Waals surface area contributed by atoms with Crippen LogP contribution in [0.25, 0.3) is 0 Å². The van der Waals surface area contributed by atoms with Gasteiger partial charge in [-0.25, -0.2) is 0 Å². The standard InChI is InChI=1S/C17H21NO/c1-12-6-13(2)8-15(7-12)16(11-18)9-14-4-3-5-17(19)10-14/h3-8,10,16,19H,9,11,18H2,1-2H3. The maximum Gasteiger partial charge on any atom is 0.115 e. The lowest BCUT2D eigenvalue weighted by Gasteiger charge is -2.17. The summed E-state index contributed by atoms with van der Waals surface area (Å²) in [6.45, 7) is 4.83. The van der Waals surface area contributed by atoms with Gasteiger partial charge >= 0.3 is 0 Å². The number of phenols is 1. The van der Waals surface area contributed by atoms with E-state index in [0.29, 0.717) is 18.2 Å². The molecule has 3 N–H and O–H groups in total. The molecule has 0 bridgehead atoms. The van der Waals surface area contributed by atoms with Crippen LogP contribution < -0.4 is 5.73 Å². The number of hydrogen-bond donors (Lipinski definition) is 2. The van der Waals surface area contributed by atoms with E-state index >= 15 is 0 Å². The molecular weight excluding hydrogens is 234 g/mol. The number of nitrogens with two attached hydrogens (primary N) is 1. The lowest BCUT2D eigenvalue weighted by atomic mass is 9.90. The predicted octanol–water partition coefficient (Wildman–Crippen LogP) is 3.29. The molecule has 1 unspecified atom stereocenters. The third kappa shape index (κ3) is 3.58. The van der Waals surface area contributed by atoms with E-state index in [1.165, 1.54) is 16.7 Å². The molecule has 0 saturated heterocycles. The van der Waals surface area contributed by atoms with Crippen molar-refractivity contribution in [3.63, 3.8) is 0 Å². The van der Waals surface area contributed by atoms with Gasteiger partial charge < -0.3 is 10.8 Å². The molecule has 1 atom stereocenters. The minimum atomic E-state index is 0.292. The first kappa shape index (κ1) is 13.6. The summed E-state index contributed by atoms with van der Waals surface area (Å²) in [5.74, 6) is 0.606. The molecule has 19 heavy (non-hydrogen) atoms. The number of rotatable bonds is 4. The van der Waals surface area contributed by atoms with E-state index in [1.807, 2.05) is 18.2 Å². The van der Waals surface area contributed by atoms with Crippen molar-refractivity contribution in [2.45, 2.75) is 26.2 Å². The summed E-state index contributed by atoms with van der Waals surface area (Å²) >= 11 is 0. The van der Waals surface area contributed by atoms with Crippen molar-refractivity contribution in [3.8, 4) is 5.75 Å². The van der Waals surface area contributed by atoms with Gasteiger partial charge in [0.05, 0.1) is 0 Å². The summed E-state index contributed by atoms with van der Waals surface area (Å²) in [6.07, 6.45) is 0.855. The highest BCUT2D eigenvalue weighted by atomic mass is 16.3. The Morgan fingerprint density at radius 3 is 2.32 bits per heavy atom. The summed E-state index contributed by atoms with van der Waals surface area (Å²) in [5.41, 5.74) is 10.9. The van der Waals surface area contributed by atoms with Crippen molar-refractivity contribution >= 4 is 0 Å². The SMILES string of the molecule is Cc1cc(C)cc(C(CN)Cc2cccc(O)c2)c1. The van der Waals surface area contributed by atoms with Crippen molar-refractivity contribution in [2.24, 2.45) is 5.73 Å². The zero-order valence-corrected chi connectivity index (χ0v) is 11.6. The first-order valence-electron chi connectivity index (χ1n) is 6.64. The van der Waals surface area contributed by atoms with Gasteiger partial charge in [0.15, 0.2) is 0 Å². The molecule has 0 saturated carbocycles. The van der Waals surface area contributed by atoms with Crippen LogP contribution in [-0.2, 0) is 6.42 Å². The monoisotopic (exact) mass is 255 g/mol. The molecule has 2 rings (SSSR count). The lowest BCUT2D eigenvalue weighted by molar-refractivity contribution is 0.474. The minimum absolute atomic E-state index is 0.292. The number of benzene rings is 2. The second kappa shape index (κ2) is 5.89. The third-order valence-electron chi connectivity index (χ3n) is 3.39. The second-order valence-electron chi connectivity index (χ2n) is 5.23. The molecule has 0 fully saturated rings. The smallest absolute Gasteiger partial charge is 0.115 e. The van der Waals surface area contributed by atoms with Crippen molar-refractivity contribution in [3.05, 3.63) is 64.7 Å². The molecule has 0 amide bonds. The Hall–Kier alpha value is -1.80. The van der Waals surface area contributed by atoms with Crippen LogP contribution in [0.2, 0.25) is 0 Å². The average molecular weight is 255 g/mol. The van der Waals surface area contributed by atoms with Gasteiger partial charge in [0.1, 0.15) is 5.75 Å². The Balaban J connectivity index is 2.24. The summed E-state index contributed by atoms with van der Waals surface area (Å²) in [6, 6.07) is 14.0. The van der Waals surface area contributed by atoms with E-state index in [1.54, 1.807) is 6.07 Å². The second-order valence-corrected chi connectivity index (χ2v) is 5.23. The van der Waals surface area contributed by atoms with Crippen molar-refractivity contribution in [2.75, 3.05) is 6.54 Å². The summed E-state index contributed by atoms with van der Waals surface area (Å²) in [4.78, 5) is 0. The van der Waals surface area contributed by atoms with E-state index in [9.17, 15) is 5.11 Å². The Labute approximate surface area is 114 Å². The molecule has 0 spiro atoms. The maximum absolute atomic E-state index is 9.53. The topological polar surface area (TPSA) is 46.2 Å². The fourth-order valence-electron chi connectivity index (χ4n) is 2.55. The van der Waals surface area contributed by atoms with E-state index in [2.05, 4.69) is 32.0 Å². The molecule has 2 aromatic rings. The first-order chi connectivity index (χ1) is 9.08. The largest absolute Gasteiger partial charge is 0.508 e. The zero-order chi connectivity index (χ0) is 13.8. The number of aryl methyl sites for hydroxylation is 2. The number of phenolic OH excluding ortho intramolecular Hbond substituents is 1. The molecule has 0 aliphatic carbocycles. The van der Waals surface area contributed by atoms with E-state index in [4.69, 9.17) is 5.73 Å². The highest BCUT2D eigenvalue weighted by Crippen LogP contribution is 2.23. The normalized spacial score (nSPS) is 12.4. The fourth-order valence-corrected chi connectivity index (χ4v) is 2.55. The molecule has 100 valence electrons. The molecule has 0 heterocycles. The molecule has 2 nitrogen and oxygen atoms in total. The van der Waals surface area contributed by atoms with Gasteiger partial charge in [0.2, 0.25) is 0 Å². The lowest BCUT2D eigenvalue weighted by Crippen LogP contribution is -2.15. The highest BCUT2D eigenvalue weighted by molar-refractivity contribution is 5.34. The number of aromatic hydroxyl groups is 1. The van der Waals surface area contributed by atoms with Crippen molar-refractivity contribution in [1.29, 1.82) is 0 Å². The predicted molar refractivity (Wildman–Crippen MR) is 79.5 cm³/mol. The Kier molecular flexibility index (Phi) is 4.23. The minimum Gasteiger partial charge on any atom is -0.508 e. The van der Waals surface area contributed by atoms with Crippen LogP contribution in [0.3, 0.4) is 0 Å². The third-order valence-corrected chi connectivity index (χ3v) is 3.39. The van der Waals surface area contributed by atoms with Crippen LogP contribution in [0.1, 0.15) is 28.2 Å². The van der Waals surface area contributed by atoms with Crippen LogP contribution in [0, 0.1) is 13.8 Å². The van der Waals surface area contributed by atoms with Gasteiger partial charge in [-0.15, -0.1) is 0 Å². The van der Waals surface area contributed by atoms with Gasteiger partial charge in [-0.2, -0.15) is 0 Å². The molecular formula is C17H21NO. The maximum atomic E-state index is 9.53. The molecule has 2 heteroatoms. The van der Waals surface area contributed by atoms with E-state index < -0.39 is 0 Å². The van der Waals surface area contributed by atoms with Gasteiger partial charge in [-0.3, -0.25) is 0 Å². The molecule has 0 radical (unpaired) electrons. The summed E-state index contributed by atoms with van der Waals surface area (Å²) < 4.78 is 0. The number of hydrogen-bond acceptors (Lipinski definition) is 2. The van der Waals surface area contributed by atoms with Crippen LogP contribution >= 0.6 is 0 Å². The van der Waals surface area contributed by atoms with E-state index in [-0.39, 0.29) is 0 Å². The zero-order valence-electron chi connectivity index (χ0n) is 11.6.